The third-order valence-corrected chi connectivity index (χ3v) is 5.30. The van der Waals surface area contributed by atoms with Gasteiger partial charge in [-0.25, -0.2) is 0 Å². The van der Waals surface area contributed by atoms with Gasteiger partial charge >= 0.3 is 0 Å². The standard InChI is InChI=1S/C23H26N2O4/c1-3-12-25-22(24-19-9-5-4-8-18(19)23(25)26)16-10-11-20(21(14-16)27-2)29-15-17-7-6-13-28-17/h3-5,8-11,14,17,22,24H,1,6-7,12-13,15H2,2H3. The van der Waals surface area contributed by atoms with Crippen LogP contribution in [0.2, 0.25) is 0 Å². The van der Waals surface area contributed by atoms with E-state index in [1.807, 2.05) is 42.5 Å². The fourth-order valence-corrected chi connectivity index (χ4v) is 3.82. The SMILES string of the molecule is C=CCN1C(=O)c2ccccc2NC1c1ccc(OCC2CCCO2)c(OC)c1. The maximum absolute atomic E-state index is 13.0. The number of anilines is 1. The van der Waals surface area contributed by atoms with Crippen LogP contribution in [0.5, 0.6) is 11.5 Å². The summed E-state index contributed by atoms with van der Waals surface area (Å²) in [6.07, 6.45) is 3.64. The molecule has 152 valence electrons. The number of fused-ring (bicyclic) bond motifs is 1. The van der Waals surface area contributed by atoms with Gasteiger partial charge in [0.2, 0.25) is 0 Å². The molecule has 0 bridgehead atoms. The van der Waals surface area contributed by atoms with Crippen LogP contribution < -0.4 is 14.8 Å². The van der Waals surface area contributed by atoms with E-state index in [4.69, 9.17) is 14.2 Å². The molecule has 6 heteroatoms. The lowest BCUT2D eigenvalue weighted by Crippen LogP contribution is -2.42. The normalized spacial score (nSPS) is 20.7. The van der Waals surface area contributed by atoms with Crippen LogP contribution in [0.25, 0.3) is 0 Å². The number of hydrogen-bond acceptors (Lipinski definition) is 5. The zero-order valence-corrected chi connectivity index (χ0v) is 16.6. The second-order valence-corrected chi connectivity index (χ2v) is 7.19. The minimum atomic E-state index is -0.323. The first-order chi connectivity index (χ1) is 14.2. The summed E-state index contributed by atoms with van der Waals surface area (Å²) in [4.78, 5) is 14.8. The first-order valence-corrected chi connectivity index (χ1v) is 9.91. The number of benzene rings is 2. The fourth-order valence-electron chi connectivity index (χ4n) is 3.82. The van der Waals surface area contributed by atoms with E-state index in [0.29, 0.717) is 30.2 Å². The molecule has 2 unspecified atom stereocenters. The second-order valence-electron chi connectivity index (χ2n) is 7.19. The first kappa shape index (κ1) is 19.3. The molecule has 2 aromatic carbocycles. The van der Waals surface area contributed by atoms with Gasteiger partial charge in [-0.15, -0.1) is 6.58 Å². The lowest BCUT2D eigenvalue weighted by Gasteiger charge is -2.37. The Kier molecular flexibility index (Phi) is 5.71. The highest BCUT2D eigenvalue weighted by Crippen LogP contribution is 2.37. The maximum atomic E-state index is 13.0. The summed E-state index contributed by atoms with van der Waals surface area (Å²) in [5, 5.41) is 3.47. The molecule has 0 aromatic heterocycles. The lowest BCUT2D eigenvalue weighted by atomic mass is 10.0. The van der Waals surface area contributed by atoms with Crippen LogP contribution >= 0.6 is 0 Å². The Hall–Kier alpha value is -2.99. The number of amides is 1. The van der Waals surface area contributed by atoms with Gasteiger partial charge in [0.05, 0.1) is 18.8 Å². The van der Waals surface area contributed by atoms with Crippen LogP contribution in [0, 0.1) is 0 Å². The minimum absolute atomic E-state index is 0.0260. The summed E-state index contributed by atoms with van der Waals surface area (Å²) in [5.74, 6) is 1.28. The Bertz CT molecular complexity index is 892. The summed E-state index contributed by atoms with van der Waals surface area (Å²) < 4.78 is 17.1. The van der Waals surface area contributed by atoms with E-state index in [2.05, 4.69) is 11.9 Å². The molecule has 2 aliphatic rings. The topological polar surface area (TPSA) is 60.0 Å². The predicted molar refractivity (Wildman–Crippen MR) is 112 cm³/mol. The molecular weight excluding hydrogens is 368 g/mol. The average Bonchev–Trinajstić information content (AvgIpc) is 3.28. The van der Waals surface area contributed by atoms with Gasteiger partial charge in [-0.2, -0.15) is 0 Å². The molecule has 1 amide bonds. The molecule has 1 fully saturated rings. The Balaban J connectivity index is 1.60. The van der Waals surface area contributed by atoms with E-state index in [1.54, 1.807) is 18.1 Å². The number of nitrogens with zero attached hydrogens (tertiary/aromatic N) is 1. The summed E-state index contributed by atoms with van der Waals surface area (Å²) >= 11 is 0. The Morgan fingerprint density at radius 1 is 1.28 bits per heavy atom. The Labute approximate surface area is 171 Å². The molecule has 2 aliphatic heterocycles. The molecular formula is C23H26N2O4. The largest absolute Gasteiger partial charge is 0.493 e. The van der Waals surface area contributed by atoms with E-state index in [0.717, 1.165) is 30.7 Å². The molecule has 4 rings (SSSR count). The molecule has 1 saturated heterocycles. The van der Waals surface area contributed by atoms with Gasteiger partial charge in [0.25, 0.3) is 5.91 Å². The zero-order valence-electron chi connectivity index (χ0n) is 16.6. The molecule has 29 heavy (non-hydrogen) atoms. The van der Waals surface area contributed by atoms with Crippen molar-refractivity contribution in [2.45, 2.75) is 25.1 Å². The number of ether oxygens (including phenoxy) is 3. The predicted octanol–water partition coefficient (Wildman–Crippen LogP) is 4.01. The minimum Gasteiger partial charge on any atom is -0.493 e. The lowest BCUT2D eigenvalue weighted by molar-refractivity contribution is 0.0668. The van der Waals surface area contributed by atoms with Crippen LogP contribution in [0.1, 0.15) is 34.9 Å². The molecule has 2 heterocycles. The van der Waals surface area contributed by atoms with Crippen LogP contribution in [-0.2, 0) is 4.74 Å². The van der Waals surface area contributed by atoms with Crippen molar-refractivity contribution >= 4 is 11.6 Å². The van der Waals surface area contributed by atoms with Gasteiger partial charge in [0.15, 0.2) is 11.5 Å². The van der Waals surface area contributed by atoms with Gasteiger partial charge in [-0.3, -0.25) is 4.79 Å². The monoisotopic (exact) mass is 394 g/mol. The van der Waals surface area contributed by atoms with E-state index < -0.39 is 0 Å². The van der Waals surface area contributed by atoms with Gasteiger partial charge in [0.1, 0.15) is 12.8 Å². The Morgan fingerprint density at radius 2 is 2.14 bits per heavy atom. The van der Waals surface area contributed by atoms with Crippen molar-refractivity contribution in [2.24, 2.45) is 0 Å². The van der Waals surface area contributed by atoms with Gasteiger partial charge < -0.3 is 24.4 Å². The fraction of sp³-hybridized carbons (Fsp3) is 0.348. The maximum Gasteiger partial charge on any atom is 0.258 e. The smallest absolute Gasteiger partial charge is 0.258 e. The molecule has 0 spiro atoms. The molecule has 0 saturated carbocycles. The van der Waals surface area contributed by atoms with Crippen LogP contribution in [0.3, 0.4) is 0 Å². The summed E-state index contributed by atoms with van der Waals surface area (Å²) in [6.45, 7) is 5.54. The van der Waals surface area contributed by atoms with Gasteiger partial charge in [-0.05, 0) is 42.7 Å². The number of hydrogen-bond donors (Lipinski definition) is 1. The highest BCUT2D eigenvalue weighted by atomic mass is 16.5. The summed E-state index contributed by atoms with van der Waals surface area (Å²) in [6, 6.07) is 13.3. The van der Waals surface area contributed by atoms with Crippen molar-refractivity contribution in [3.8, 4) is 11.5 Å². The molecule has 2 atom stereocenters. The van der Waals surface area contributed by atoms with Crippen molar-refractivity contribution in [2.75, 3.05) is 32.2 Å². The van der Waals surface area contributed by atoms with Crippen molar-refractivity contribution in [1.82, 2.24) is 4.90 Å². The quantitative estimate of drug-likeness (QED) is 0.719. The van der Waals surface area contributed by atoms with E-state index in [9.17, 15) is 4.79 Å². The number of para-hydroxylation sites is 1. The number of carbonyl (C=O) groups is 1. The number of nitrogens with one attached hydrogen (secondary N) is 1. The molecule has 0 aliphatic carbocycles. The second kappa shape index (κ2) is 8.57. The van der Waals surface area contributed by atoms with Crippen LogP contribution in [0.4, 0.5) is 5.69 Å². The Morgan fingerprint density at radius 3 is 2.90 bits per heavy atom. The van der Waals surface area contributed by atoms with Crippen molar-refractivity contribution in [3.05, 3.63) is 66.2 Å². The summed E-state index contributed by atoms with van der Waals surface area (Å²) in [5.41, 5.74) is 2.39. The molecule has 2 aromatic rings. The van der Waals surface area contributed by atoms with Crippen LogP contribution in [0.15, 0.2) is 55.1 Å². The van der Waals surface area contributed by atoms with E-state index in [-0.39, 0.29) is 18.2 Å². The third-order valence-electron chi connectivity index (χ3n) is 5.30. The molecule has 6 nitrogen and oxygen atoms in total. The van der Waals surface area contributed by atoms with Gasteiger partial charge in [0, 0.05) is 18.8 Å². The number of methoxy groups -OCH3 is 1. The van der Waals surface area contributed by atoms with E-state index >= 15 is 0 Å². The molecule has 1 N–H and O–H groups in total. The third kappa shape index (κ3) is 3.93. The van der Waals surface area contributed by atoms with Crippen molar-refractivity contribution in [1.29, 1.82) is 0 Å². The first-order valence-electron chi connectivity index (χ1n) is 9.91. The number of carbonyl (C=O) groups excluding carboxylic acids is 1. The van der Waals surface area contributed by atoms with Crippen molar-refractivity contribution in [3.63, 3.8) is 0 Å². The highest BCUT2D eigenvalue weighted by molar-refractivity contribution is 6.01. The van der Waals surface area contributed by atoms with Crippen molar-refractivity contribution < 1.29 is 19.0 Å². The van der Waals surface area contributed by atoms with Gasteiger partial charge in [-0.1, -0.05) is 24.3 Å². The average molecular weight is 394 g/mol. The van der Waals surface area contributed by atoms with Crippen LogP contribution in [-0.4, -0.2) is 43.8 Å². The zero-order chi connectivity index (χ0) is 20.2. The molecule has 0 radical (unpaired) electrons. The number of rotatable bonds is 7. The van der Waals surface area contributed by atoms with E-state index in [1.165, 1.54) is 0 Å². The highest BCUT2D eigenvalue weighted by Gasteiger charge is 2.32. The summed E-state index contributed by atoms with van der Waals surface area (Å²) in [7, 11) is 1.62.